The number of carbonyl (C=O) groups is 1. The Kier molecular flexibility index (Phi) is 9.84. The molecule has 0 radical (unpaired) electrons. The molecule has 40 heavy (non-hydrogen) atoms. The van der Waals surface area contributed by atoms with E-state index in [0.717, 1.165) is 0 Å². The van der Waals surface area contributed by atoms with Gasteiger partial charge in [0.05, 0.1) is 12.4 Å². The molecule has 0 rings (SSSR count). The first-order valence-corrected chi connectivity index (χ1v) is 10.5. The van der Waals surface area contributed by atoms with Crippen molar-refractivity contribution >= 4 is 16.1 Å². The largest absolute Gasteiger partial charge is 0.461 e. The summed E-state index contributed by atoms with van der Waals surface area (Å²) in [6.07, 6.45) is -7.51. The number of ether oxygens (including phenoxy) is 1. The number of alkyl halides is 20. The third kappa shape index (κ3) is 5.44. The second-order valence-corrected chi connectivity index (χ2v) is 8.87. The highest BCUT2D eigenvalue weighted by Crippen LogP contribution is 2.65. The topological polar surface area (TPSA) is 80.7 Å². The molecule has 0 aliphatic rings. The van der Waals surface area contributed by atoms with Crippen molar-refractivity contribution in [3.05, 3.63) is 0 Å². The third-order valence-corrected chi connectivity index (χ3v) is 5.29. The lowest BCUT2D eigenvalue weighted by Gasteiger charge is -2.44. The van der Waals surface area contributed by atoms with Crippen LogP contribution in [0.4, 0.5) is 87.8 Å². The van der Waals surface area contributed by atoms with Gasteiger partial charge in [-0.25, -0.2) is 13.6 Å². The maximum Gasteiger partial charge on any atom is 0.410 e. The van der Waals surface area contributed by atoms with Crippen molar-refractivity contribution in [2.45, 2.75) is 66.1 Å². The second-order valence-electron chi connectivity index (χ2n) is 7.29. The molecule has 0 aliphatic heterocycles. The first-order valence-electron chi connectivity index (χ1n) is 8.88. The van der Waals surface area contributed by atoms with Crippen molar-refractivity contribution in [1.82, 2.24) is 0 Å². The van der Waals surface area contributed by atoms with Crippen LogP contribution in [0.2, 0.25) is 0 Å². The Morgan fingerprint density at radius 3 is 1.20 bits per heavy atom. The van der Waals surface area contributed by atoms with Gasteiger partial charge in [-0.2, -0.15) is 87.4 Å². The van der Waals surface area contributed by atoms with Crippen LogP contribution < -0.4 is 0 Å². The molecular weight excluding hydrogens is 660 g/mol. The van der Waals surface area contributed by atoms with Crippen LogP contribution in [-0.4, -0.2) is 91.0 Å². The molecule has 0 saturated heterocycles. The molecule has 0 aromatic rings. The molecule has 0 saturated carbocycles. The number of carbonyl (C=O) groups excluding carboxylic acids is 1. The van der Waals surface area contributed by atoms with Crippen LogP contribution in [0.1, 0.15) is 6.42 Å². The zero-order valence-electron chi connectivity index (χ0n) is 17.7. The lowest BCUT2D eigenvalue weighted by atomic mass is 9.86. The molecule has 0 bridgehead atoms. The lowest BCUT2D eigenvalue weighted by Crippen LogP contribution is -2.76. The van der Waals surface area contributed by atoms with Crippen LogP contribution in [0.3, 0.4) is 0 Å². The van der Waals surface area contributed by atoms with Gasteiger partial charge in [0.1, 0.15) is 0 Å². The van der Waals surface area contributed by atoms with Crippen molar-refractivity contribution in [2.24, 2.45) is 0 Å². The molecule has 5 nitrogen and oxygen atoms in total. The third-order valence-electron chi connectivity index (χ3n) is 4.49. The Bertz CT molecular complexity index is 1040. The van der Waals surface area contributed by atoms with Crippen LogP contribution >= 0.6 is 0 Å². The molecule has 0 unspecified atom stereocenters. The van der Waals surface area contributed by atoms with Gasteiger partial charge >= 0.3 is 65.7 Å². The Morgan fingerprint density at radius 2 is 0.900 bits per heavy atom. The summed E-state index contributed by atoms with van der Waals surface area (Å²) in [4.78, 5) is 11.0. The van der Waals surface area contributed by atoms with Gasteiger partial charge in [0, 0.05) is 0 Å². The standard InChI is InChI=1S/C14H8F20O5S/c15-4(16)6(17,18)8(21,22)10(25,26)12(29,30)14(33,34)13(31,32)11(27,28)9(23,24)7(19,20)5(35)39-2-1-3-40(36,37)38/h4H,1-3H2,(H,36,37,38). The van der Waals surface area contributed by atoms with Crippen LogP contribution in [-0.2, 0) is 19.6 Å². The monoisotopic (exact) mass is 668 g/mol. The van der Waals surface area contributed by atoms with E-state index >= 15 is 0 Å². The van der Waals surface area contributed by atoms with E-state index in [1.165, 1.54) is 0 Å². The van der Waals surface area contributed by atoms with E-state index in [1.807, 2.05) is 0 Å². The number of hydrogen-bond donors (Lipinski definition) is 1. The van der Waals surface area contributed by atoms with Crippen LogP contribution in [0, 0.1) is 0 Å². The van der Waals surface area contributed by atoms with Gasteiger partial charge in [-0.3, -0.25) is 4.55 Å². The van der Waals surface area contributed by atoms with Gasteiger partial charge in [-0.1, -0.05) is 0 Å². The molecule has 0 amide bonds. The Morgan fingerprint density at radius 1 is 0.600 bits per heavy atom. The molecular formula is C14H8F20O5S. The smallest absolute Gasteiger partial charge is 0.410 e. The molecule has 1 N–H and O–H groups in total. The number of esters is 1. The molecule has 0 heterocycles. The summed E-state index contributed by atoms with van der Waals surface area (Å²) in [6, 6.07) is 0. The lowest BCUT2D eigenvalue weighted by molar-refractivity contribution is -0.463. The fraction of sp³-hybridized carbons (Fsp3) is 0.929. The van der Waals surface area contributed by atoms with E-state index in [1.54, 1.807) is 0 Å². The molecule has 0 spiro atoms. The predicted molar refractivity (Wildman–Crippen MR) is 82.5 cm³/mol. The zero-order chi connectivity index (χ0) is 33.0. The molecule has 0 aromatic carbocycles. The average Bonchev–Trinajstić information content (AvgIpc) is 2.74. The summed E-state index contributed by atoms with van der Waals surface area (Å²) in [6.45, 7) is -1.87. The average molecular weight is 668 g/mol. The second kappa shape index (κ2) is 10.4. The normalized spacial score (nSPS) is 15.9. The molecule has 0 fully saturated rings. The van der Waals surface area contributed by atoms with E-state index in [-0.39, 0.29) is 0 Å². The SMILES string of the molecule is O=C(OCCCS(=O)(=O)O)C(F)(F)C(F)(F)C(F)(F)C(F)(F)C(F)(F)C(F)(F)C(F)(F)C(F)(F)C(F)(F)C(F)F. The summed E-state index contributed by atoms with van der Waals surface area (Å²) < 4.78 is 297. The molecule has 0 aliphatic carbocycles. The quantitative estimate of drug-likeness (QED) is 0.110. The summed E-state index contributed by atoms with van der Waals surface area (Å²) in [7, 11) is -5.00. The summed E-state index contributed by atoms with van der Waals surface area (Å²) in [5, 5.41) is 0. The number of rotatable bonds is 14. The van der Waals surface area contributed by atoms with Crippen molar-refractivity contribution in [3.63, 3.8) is 0 Å². The number of hydrogen-bond acceptors (Lipinski definition) is 4. The minimum Gasteiger partial charge on any atom is -0.461 e. The van der Waals surface area contributed by atoms with Gasteiger partial charge in [0.25, 0.3) is 10.1 Å². The first kappa shape index (κ1) is 38.0. The predicted octanol–water partition coefficient (Wildman–Crippen LogP) is 5.79. The minimum atomic E-state index is -9.21. The van der Waals surface area contributed by atoms with E-state index in [0.29, 0.717) is 0 Å². The summed E-state index contributed by atoms with van der Waals surface area (Å²) in [5.41, 5.74) is 0. The van der Waals surface area contributed by atoms with Gasteiger partial charge in [-0.05, 0) is 6.42 Å². The van der Waals surface area contributed by atoms with Gasteiger partial charge < -0.3 is 4.74 Å². The number of halogens is 20. The summed E-state index contributed by atoms with van der Waals surface area (Å²) >= 11 is 0. The first-order chi connectivity index (χ1) is 17.1. The van der Waals surface area contributed by atoms with Crippen molar-refractivity contribution < 1.29 is 110 Å². The van der Waals surface area contributed by atoms with E-state index in [2.05, 4.69) is 4.74 Å². The Labute approximate surface area is 206 Å². The van der Waals surface area contributed by atoms with Crippen molar-refractivity contribution in [3.8, 4) is 0 Å². The highest BCUT2D eigenvalue weighted by Gasteiger charge is 2.97. The van der Waals surface area contributed by atoms with Crippen LogP contribution in [0.25, 0.3) is 0 Å². The maximum absolute atomic E-state index is 13.6. The van der Waals surface area contributed by atoms with Crippen LogP contribution in [0.5, 0.6) is 0 Å². The van der Waals surface area contributed by atoms with E-state index in [9.17, 15) is 101 Å². The highest BCUT2D eigenvalue weighted by molar-refractivity contribution is 7.85. The molecule has 0 aromatic heterocycles. The molecule has 26 heteroatoms. The van der Waals surface area contributed by atoms with E-state index < -0.39 is 94.6 Å². The van der Waals surface area contributed by atoms with Gasteiger partial charge in [0.2, 0.25) is 0 Å². The van der Waals surface area contributed by atoms with Gasteiger partial charge in [0.15, 0.2) is 0 Å². The van der Waals surface area contributed by atoms with Crippen LogP contribution in [0.15, 0.2) is 0 Å². The molecule has 0 atom stereocenters. The fourth-order valence-electron chi connectivity index (χ4n) is 2.15. The fourth-order valence-corrected chi connectivity index (χ4v) is 2.64. The molecule has 240 valence electrons. The Hall–Kier alpha value is -2.02. The van der Waals surface area contributed by atoms with E-state index in [4.69, 9.17) is 4.55 Å². The minimum absolute atomic E-state index is 1.34. The highest BCUT2D eigenvalue weighted by atomic mass is 32.2. The summed E-state index contributed by atoms with van der Waals surface area (Å²) in [5.74, 6) is -83.4. The maximum atomic E-state index is 13.6. The zero-order valence-corrected chi connectivity index (χ0v) is 18.6. The van der Waals surface area contributed by atoms with Gasteiger partial charge in [-0.15, -0.1) is 0 Å². The van der Waals surface area contributed by atoms with Crippen molar-refractivity contribution in [1.29, 1.82) is 0 Å². The Balaban J connectivity index is 6.70. The van der Waals surface area contributed by atoms with Crippen molar-refractivity contribution in [2.75, 3.05) is 12.4 Å².